The van der Waals surface area contributed by atoms with Crippen LogP contribution in [0.25, 0.3) is 0 Å². The van der Waals surface area contributed by atoms with Crippen molar-refractivity contribution in [1.82, 2.24) is 5.32 Å². The van der Waals surface area contributed by atoms with Crippen molar-refractivity contribution in [1.29, 1.82) is 0 Å². The molecule has 4 unspecified atom stereocenters. The molecule has 0 amide bonds. The van der Waals surface area contributed by atoms with Crippen molar-refractivity contribution < 1.29 is 13.2 Å². The zero-order chi connectivity index (χ0) is 13.8. The number of halogens is 3. The van der Waals surface area contributed by atoms with Gasteiger partial charge in [0, 0.05) is 18.5 Å². The Kier molecular flexibility index (Phi) is 5.96. The largest absolute Gasteiger partial charge is 0.389 e. The number of alkyl halides is 3. The molecule has 1 aliphatic carbocycles. The lowest BCUT2D eigenvalue weighted by Gasteiger charge is -2.36. The molecule has 0 aromatic rings. The summed E-state index contributed by atoms with van der Waals surface area (Å²) in [6.45, 7) is 6.53. The van der Waals surface area contributed by atoms with Crippen LogP contribution in [-0.4, -0.2) is 18.3 Å². The normalized spacial score (nSPS) is 31.3. The second-order valence-electron chi connectivity index (χ2n) is 5.95. The number of hydrogen-bond acceptors (Lipinski definition) is 1. The molecule has 1 rings (SSSR count). The summed E-state index contributed by atoms with van der Waals surface area (Å²) in [6.07, 6.45) is -0.150. The Morgan fingerprint density at radius 3 is 2.50 bits per heavy atom. The lowest BCUT2D eigenvalue weighted by atomic mass is 9.78. The van der Waals surface area contributed by atoms with Crippen LogP contribution in [0.5, 0.6) is 0 Å². The second kappa shape index (κ2) is 6.78. The molecular formula is C14H26F3N. The van der Waals surface area contributed by atoms with E-state index in [1.807, 2.05) is 6.92 Å². The maximum absolute atomic E-state index is 12.1. The summed E-state index contributed by atoms with van der Waals surface area (Å²) in [7, 11) is 0. The van der Waals surface area contributed by atoms with Crippen molar-refractivity contribution in [2.75, 3.05) is 0 Å². The Balaban J connectivity index is 2.25. The van der Waals surface area contributed by atoms with Gasteiger partial charge in [0.25, 0.3) is 0 Å². The molecule has 0 heterocycles. The maximum Gasteiger partial charge on any atom is 0.389 e. The van der Waals surface area contributed by atoms with Crippen molar-refractivity contribution in [2.24, 2.45) is 11.8 Å². The van der Waals surface area contributed by atoms with E-state index in [1.54, 1.807) is 0 Å². The second-order valence-corrected chi connectivity index (χ2v) is 5.95. The molecule has 1 nitrogen and oxygen atoms in total. The predicted molar refractivity (Wildman–Crippen MR) is 68.5 cm³/mol. The van der Waals surface area contributed by atoms with Gasteiger partial charge >= 0.3 is 6.18 Å². The first-order chi connectivity index (χ1) is 8.29. The van der Waals surface area contributed by atoms with Crippen LogP contribution in [0, 0.1) is 11.8 Å². The third-order valence-electron chi connectivity index (χ3n) is 4.30. The van der Waals surface area contributed by atoms with Crippen LogP contribution in [0.15, 0.2) is 0 Å². The van der Waals surface area contributed by atoms with Gasteiger partial charge in [-0.05, 0) is 38.0 Å². The van der Waals surface area contributed by atoms with Crippen LogP contribution in [0.2, 0.25) is 0 Å². The van der Waals surface area contributed by atoms with Crippen LogP contribution in [0.3, 0.4) is 0 Å². The van der Waals surface area contributed by atoms with Crippen LogP contribution in [-0.2, 0) is 0 Å². The van der Waals surface area contributed by atoms with Gasteiger partial charge in [-0.1, -0.05) is 26.7 Å². The Morgan fingerprint density at radius 1 is 1.22 bits per heavy atom. The van der Waals surface area contributed by atoms with Gasteiger partial charge in [0.1, 0.15) is 0 Å². The summed E-state index contributed by atoms with van der Waals surface area (Å²) in [5.41, 5.74) is 0. The van der Waals surface area contributed by atoms with Gasteiger partial charge in [0.05, 0.1) is 0 Å². The first-order valence-electron chi connectivity index (χ1n) is 7.12. The molecule has 0 aromatic carbocycles. The van der Waals surface area contributed by atoms with Gasteiger partial charge in [-0.2, -0.15) is 13.2 Å². The van der Waals surface area contributed by atoms with Crippen LogP contribution < -0.4 is 5.32 Å². The Labute approximate surface area is 109 Å². The molecule has 0 bridgehead atoms. The number of nitrogens with one attached hydrogen (secondary N) is 1. The minimum atomic E-state index is -4.01. The third kappa shape index (κ3) is 5.59. The fraction of sp³-hybridized carbons (Fsp3) is 1.00. The van der Waals surface area contributed by atoms with Crippen LogP contribution >= 0.6 is 0 Å². The summed E-state index contributed by atoms with van der Waals surface area (Å²) in [5, 5.41) is 3.52. The van der Waals surface area contributed by atoms with Crippen molar-refractivity contribution in [2.45, 2.75) is 77.6 Å². The summed E-state index contributed by atoms with van der Waals surface area (Å²) < 4.78 is 36.2. The first-order valence-corrected chi connectivity index (χ1v) is 7.12. The number of hydrogen-bond donors (Lipinski definition) is 1. The van der Waals surface area contributed by atoms with Crippen LogP contribution in [0.4, 0.5) is 13.2 Å². The standard InChI is InChI=1S/C14H26F3N/c1-10-6-4-8-13(12(10)3)18-11(2)7-5-9-14(15,16)17/h10-13,18H,4-9H2,1-3H3. The van der Waals surface area contributed by atoms with Gasteiger partial charge < -0.3 is 5.32 Å². The molecule has 0 saturated heterocycles. The van der Waals surface area contributed by atoms with E-state index in [4.69, 9.17) is 0 Å². The number of rotatable bonds is 5. The fourth-order valence-corrected chi connectivity index (χ4v) is 2.87. The Morgan fingerprint density at radius 2 is 1.89 bits per heavy atom. The molecule has 108 valence electrons. The topological polar surface area (TPSA) is 12.0 Å². The monoisotopic (exact) mass is 265 g/mol. The summed E-state index contributed by atoms with van der Waals surface area (Å²) in [6, 6.07) is 0.666. The lowest BCUT2D eigenvalue weighted by Crippen LogP contribution is -2.44. The maximum atomic E-state index is 12.1. The molecule has 0 radical (unpaired) electrons. The van der Waals surface area contributed by atoms with E-state index in [9.17, 15) is 13.2 Å². The van der Waals surface area contributed by atoms with E-state index >= 15 is 0 Å². The van der Waals surface area contributed by atoms with Gasteiger partial charge in [0.15, 0.2) is 0 Å². The van der Waals surface area contributed by atoms with Crippen molar-refractivity contribution in [3.63, 3.8) is 0 Å². The summed E-state index contributed by atoms with van der Waals surface area (Å²) >= 11 is 0. The highest BCUT2D eigenvalue weighted by atomic mass is 19.4. The molecule has 0 aromatic heterocycles. The van der Waals surface area contributed by atoms with Gasteiger partial charge in [-0.3, -0.25) is 0 Å². The molecule has 1 N–H and O–H groups in total. The smallest absolute Gasteiger partial charge is 0.311 e. The average Bonchev–Trinajstić information content (AvgIpc) is 2.23. The molecule has 1 fully saturated rings. The zero-order valence-electron chi connectivity index (χ0n) is 11.7. The molecule has 18 heavy (non-hydrogen) atoms. The van der Waals surface area contributed by atoms with E-state index in [1.165, 1.54) is 12.8 Å². The molecule has 1 saturated carbocycles. The summed E-state index contributed by atoms with van der Waals surface area (Å²) in [5.74, 6) is 1.35. The highest BCUT2D eigenvalue weighted by Crippen LogP contribution is 2.30. The molecule has 1 aliphatic rings. The molecule has 0 spiro atoms. The fourth-order valence-electron chi connectivity index (χ4n) is 2.87. The van der Waals surface area contributed by atoms with E-state index in [2.05, 4.69) is 19.2 Å². The molecule has 4 atom stereocenters. The molecular weight excluding hydrogens is 239 g/mol. The highest BCUT2D eigenvalue weighted by Gasteiger charge is 2.29. The highest BCUT2D eigenvalue weighted by molar-refractivity contribution is 4.83. The zero-order valence-corrected chi connectivity index (χ0v) is 11.7. The minimum Gasteiger partial charge on any atom is -0.311 e. The van der Waals surface area contributed by atoms with Crippen LogP contribution in [0.1, 0.15) is 59.3 Å². The SMILES string of the molecule is CC(CCCC(F)(F)F)NC1CCCC(C)C1C. The Hall–Kier alpha value is -0.250. The lowest BCUT2D eigenvalue weighted by molar-refractivity contribution is -0.135. The summed E-state index contributed by atoms with van der Waals surface area (Å²) in [4.78, 5) is 0. The average molecular weight is 265 g/mol. The molecule has 4 heteroatoms. The van der Waals surface area contributed by atoms with E-state index < -0.39 is 12.6 Å². The first kappa shape index (κ1) is 15.8. The van der Waals surface area contributed by atoms with Gasteiger partial charge in [-0.15, -0.1) is 0 Å². The van der Waals surface area contributed by atoms with Crippen molar-refractivity contribution >= 4 is 0 Å². The quantitative estimate of drug-likeness (QED) is 0.770. The third-order valence-corrected chi connectivity index (χ3v) is 4.30. The predicted octanol–water partition coefficient (Wildman–Crippen LogP) is 4.52. The van der Waals surface area contributed by atoms with Gasteiger partial charge in [-0.25, -0.2) is 0 Å². The van der Waals surface area contributed by atoms with Gasteiger partial charge in [0.2, 0.25) is 0 Å². The van der Waals surface area contributed by atoms with E-state index in [0.717, 1.165) is 12.3 Å². The minimum absolute atomic E-state index is 0.185. The van der Waals surface area contributed by atoms with E-state index in [0.29, 0.717) is 18.4 Å². The van der Waals surface area contributed by atoms with E-state index in [-0.39, 0.29) is 12.5 Å². The Bertz CT molecular complexity index is 240. The molecule has 0 aliphatic heterocycles. The van der Waals surface area contributed by atoms with Crippen molar-refractivity contribution in [3.05, 3.63) is 0 Å². The van der Waals surface area contributed by atoms with Crippen molar-refractivity contribution in [3.8, 4) is 0 Å².